The molecule has 0 spiro atoms. The van der Waals surface area contributed by atoms with Crippen LogP contribution in [0.15, 0.2) is 41.3 Å². The molecule has 0 saturated heterocycles. The first-order chi connectivity index (χ1) is 17.8. The monoisotopic (exact) mass is 566 g/mol. The smallest absolute Gasteiger partial charge is 0.416 e. The van der Waals surface area contributed by atoms with E-state index in [1.54, 1.807) is 0 Å². The molecule has 1 unspecified atom stereocenters. The average molecular weight is 566 g/mol. The molecule has 0 aromatic heterocycles. The molecular formula is C25H18F8O4S. The second-order valence-corrected chi connectivity index (χ2v) is 10.0. The lowest BCUT2D eigenvalue weighted by atomic mass is 9.82. The van der Waals surface area contributed by atoms with Crippen molar-refractivity contribution in [1.82, 2.24) is 0 Å². The molecule has 3 aromatic rings. The number of hydrogen-bond acceptors (Lipinski definition) is 4. The van der Waals surface area contributed by atoms with Gasteiger partial charge in [0.25, 0.3) is 0 Å². The van der Waals surface area contributed by atoms with Crippen LogP contribution in [0.4, 0.5) is 35.1 Å². The van der Waals surface area contributed by atoms with Gasteiger partial charge in [-0.25, -0.2) is 13.2 Å². The lowest BCUT2D eigenvalue weighted by Crippen LogP contribution is -2.19. The summed E-state index contributed by atoms with van der Waals surface area (Å²) in [4.78, 5) is -0.706. The van der Waals surface area contributed by atoms with Crippen LogP contribution in [0.3, 0.4) is 0 Å². The third-order valence-corrected chi connectivity index (χ3v) is 7.26. The summed E-state index contributed by atoms with van der Waals surface area (Å²) in [5, 5.41) is 0. The molecule has 0 bridgehead atoms. The van der Waals surface area contributed by atoms with Crippen molar-refractivity contribution in [1.29, 1.82) is 0 Å². The molecule has 1 aliphatic rings. The van der Waals surface area contributed by atoms with E-state index in [1.165, 1.54) is 12.1 Å². The quantitative estimate of drug-likeness (QED) is 0.139. The summed E-state index contributed by atoms with van der Waals surface area (Å²) in [5.41, 5.74) is 0.691. The molecule has 4 nitrogen and oxygen atoms in total. The van der Waals surface area contributed by atoms with Gasteiger partial charge in [0.1, 0.15) is 10.6 Å². The Hall–Kier alpha value is -3.35. The molecule has 0 fully saturated rings. The van der Waals surface area contributed by atoms with Crippen molar-refractivity contribution in [3.8, 4) is 11.5 Å². The molecule has 4 rings (SSSR count). The number of halogens is 8. The van der Waals surface area contributed by atoms with Gasteiger partial charge in [0.2, 0.25) is 34.8 Å². The van der Waals surface area contributed by atoms with Crippen LogP contribution >= 0.6 is 0 Å². The number of rotatable bonds is 6. The Morgan fingerprint density at radius 1 is 0.895 bits per heavy atom. The van der Waals surface area contributed by atoms with Crippen LogP contribution in [-0.4, -0.2) is 15.0 Å². The molecule has 1 heterocycles. The van der Waals surface area contributed by atoms with Crippen molar-refractivity contribution in [3.63, 3.8) is 0 Å². The van der Waals surface area contributed by atoms with E-state index in [0.29, 0.717) is 36.0 Å². The molecular weight excluding hydrogens is 548 g/mol. The molecule has 1 aliphatic heterocycles. The van der Waals surface area contributed by atoms with Crippen LogP contribution < -0.4 is 8.92 Å². The van der Waals surface area contributed by atoms with Gasteiger partial charge in [-0.15, -0.1) is 0 Å². The largest absolute Gasteiger partial charge is 0.493 e. The first kappa shape index (κ1) is 27.7. The lowest BCUT2D eigenvalue weighted by molar-refractivity contribution is -0.137. The van der Waals surface area contributed by atoms with E-state index in [9.17, 15) is 43.5 Å². The molecule has 204 valence electrons. The Bertz CT molecular complexity index is 1470. The van der Waals surface area contributed by atoms with Crippen LogP contribution in [0.1, 0.15) is 47.9 Å². The minimum Gasteiger partial charge on any atom is -0.493 e. The zero-order valence-corrected chi connectivity index (χ0v) is 20.3. The molecule has 0 amide bonds. The van der Waals surface area contributed by atoms with Crippen molar-refractivity contribution < 1.29 is 52.5 Å². The molecule has 3 aromatic carbocycles. The van der Waals surface area contributed by atoms with Crippen LogP contribution in [0.5, 0.6) is 11.5 Å². The Morgan fingerprint density at radius 3 is 2.11 bits per heavy atom. The highest BCUT2D eigenvalue weighted by atomic mass is 32.2. The highest BCUT2D eigenvalue weighted by Gasteiger charge is 2.34. The predicted molar refractivity (Wildman–Crippen MR) is 118 cm³/mol. The van der Waals surface area contributed by atoms with E-state index in [0.717, 1.165) is 24.3 Å². The maximum atomic E-state index is 14.0. The number of aryl methyl sites for hydroxylation is 1. The zero-order chi connectivity index (χ0) is 28.0. The number of hydrogen-bond donors (Lipinski definition) is 0. The molecule has 0 saturated carbocycles. The SMILES string of the molecule is CCCc1cc(C(F)(F)F)ccc1C1CCOc2cc(S(=O)(=O)Oc3c(F)c(F)c(F)c(F)c3F)ccc21. The van der Waals surface area contributed by atoms with E-state index in [4.69, 9.17) is 4.74 Å². The highest BCUT2D eigenvalue weighted by molar-refractivity contribution is 7.87. The maximum absolute atomic E-state index is 14.0. The van der Waals surface area contributed by atoms with Gasteiger partial charge in [-0.2, -0.15) is 30.4 Å². The van der Waals surface area contributed by atoms with Crippen molar-refractivity contribution in [2.75, 3.05) is 6.61 Å². The zero-order valence-electron chi connectivity index (χ0n) is 19.4. The lowest BCUT2D eigenvalue weighted by Gasteiger charge is -2.28. The first-order valence-corrected chi connectivity index (χ1v) is 12.6. The highest BCUT2D eigenvalue weighted by Crippen LogP contribution is 2.42. The number of ether oxygens (including phenoxy) is 1. The predicted octanol–water partition coefficient (Wildman–Crippen LogP) is 7.04. The fraction of sp³-hybridized carbons (Fsp3) is 0.280. The Labute approximate surface area is 211 Å². The van der Waals surface area contributed by atoms with E-state index in [1.807, 2.05) is 6.92 Å². The van der Waals surface area contributed by atoms with Gasteiger partial charge in [0.05, 0.1) is 12.2 Å². The number of fused-ring (bicyclic) bond motifs is 1. The Morgan fingerprint density at radius 2 is 1.50 bits per heavy atom. The van der Waals surface area contributed by atoms with Crippen molar-refractivity contribution in [3.05, 3.63) is 87.7 Å². The molecule has 1 atom stereocenters. The van der Waals surface area contributed by atoms with Gasteiger partial charge in [-0.3, -0.25) is 0 Å². The first-order valence-electron chi connectivity index (χ1n) is 11.2. The molecule has 13 heteroatoms. The summed E-state index contributed by atoms with van der Waals surface area (Å²) in [6, 6.07) is 6.62. The van der Waals surface area contributed by atoms with Gasteiger partial charge >= 0.3 is 16.3 Å². The number of benzene rings is 3. The summed E-state index contributed by atoms with van der Waals surface area (Å²) in [5.74, 6) is -14.6. The topological polar surface area (TPSA) is 52.6 Å². The standard InChI is InChI=1S/C25H18F8O4S/c1-2-3-12-10-13(25(31,32)33)4-6-15(12)16-8-9-36-18-11-14(5-7-17(16)18)38(34,35)37-24-22(29)20(27)19(26)21(28)23(24)30/h4-7,10-11,16H,2-3,8-9H2,1H3. The second-order valence-electron chi connectivity index (χ2n) is 8.49. The van der Waals surface area contributed by atoms with Crippen molar-refractivity contribution in [2.24, 2.45) is 0 Å². The van der Waals surface area contributed by atoms with Gasteiger partial charge in [0, 0.05) is 17.5 Å². The molecule has 0 N–H and O–H groups in total. The fourth-order valence-corrected chi connectivity index (χ4v) is 5.22. The summed E-state index contributed by atoms with van der Waals surface area (Å²) in [7, 11) is -5.10. The minimum absolute atomic E-state index is 0.00526. The van der Waals surface area contributed by atoms with Gasteiger partial charge < -0.3 is 8.92 Å². The fourth-order valence-electron chi connectivity index (χ4n) is 4.27. The molecule has 0 aliphatic carbocycles. The minimum atomic E-state index is -5.10. The normalized spacial score (nSPS) is 15.7. The van der Waals surface area contributed by atoms with Crippen molar-refractivity contribution in [2.45, 2.75) is 43.2 Å². The van der Waals surface area contributed by atoms with Gasteiger partial charge in [-0.05, 0) is 42.2 Å². The third kappa shape index (κ3) is 5.03. The number of alkyl halides is 3. The second kappa shape index (κ2) is 10.1. The van der Waals surface area contributed by atoms with Gasteiger partial charge in [0.15, 0.2) is 0 Å². The summed E-state index contributed by atoms with van der Waals surface area (Å²) in [6.45, 7) is 1.87. The van der Waals surface area contributed by atoms with Gasteiger partial charge in [-0.1, -0.05) is 25.5 Å². The molecule has 38 heavy (non-hydrogen) atoms. The van der Waals surface area contributed by atoms with E-state index in [2.05, 4.69) is 4.18 Å². The van der Waals surface area contributed by atoms with Crippen LogP contribution in [0.2, 0.25) is 0 Å². The average Bonchev–Trinajstić information content (AvgIpc) is 2.88. The summed E-state index contributed by atoms with van der Waals surface area (Å²) < 4.78 is 143. The van der Waals surface area contributed by atoms with Crippen molar-refractivity contribution >= 4 is 10.1 Å². The van der Waals surface area contributed by atoms with Crippen LogP contribution in [0.25, 0.3) is 0 Å². The molecule has 0 radical (unpaired) electrons. The van der Waals surface area contributed by atoms with Crippen LogP contribution in [-0.2, 0) is 22.7 Å². The summed E-state index contributed by atoms with van der Waals surface area (Å²) in [6.07, 6.45) is -3.25. The maximum Gasteiger partial charge on any atom is 0.416 e. The van der Waals surface area contributed by atoms with E-state index >= 15 is 0 Å². The van der Waals surface area contributed by atoms with Crippen LogP contribution in [0, 0.1) is 29.1 Å². The Kier molecular flexibility index (Phi) is 7.34. The Balaban J connectivity index is 1.72. The summed E-state index contributed by atoms with van der Waals surface area (Å²) >= 11 is 0. The van der Waals surface area contributed by atoms with E-state index in [-0.39, 0.29) is 12.4 Å². The third-order valence-electron chi connectivity index (χ3n) is 6.04. The van der Waals surface area contributed by atoms with E-state index < -0.39 is 67.5 Å².